The summed E-state index contributed by atoms with van der Waals surface area (Å²) in [5, 5.41) is 11.1. The van der Waals surface area contributed by atoms with Gasteiger partial charge in [0.15, 0.2) is 0 Å². The molecule has 0 fully saturated rings. The molecule has 0 aliphatic carbocycles. The fourth-order valence-electron chi connectivity index (χ4n) is 2.94. The second-order valence-electron chi connectivity index (χ2n) is 5.42. The van der Waals surface area contributed by atoms with Crippen molar-refractivity contribution in [2.45, 2.75) is 26.9 Å². The van der Waals surface area contributed by atoms with Crippen LogP contribution in [0.3, 0.4) is 0 Å². The third-order valence-corrected chi connectivity index (χ3v) is 4.18. The van der Waals surface area contributed by atoms with E-state index >= 15 is 0 Å². The van der Waals surface area contributed by atoms with Gasteiger partial charge in [-0.15, -0.1) is 0 Å². The molecule has 0 atom stereocenters. The van der Waals surface area contributed by atoms with Gasteiger partial charge in [0.25, 0.3) is 5.69 Å². The summed E-state index contributed by atoms with van der Waals surface area (Å²) in [5.74, 6) is 0. The lowest BCUT2D eigenvalue weighted by molar-refractivity contribution is -0.385. The maximum Gasteiger partial charge on any atom is 0.329 e. The van der Waals surface area contributed by atoms with E-state index in [1.54, 1.807) is 22.1 Å². The van der Waals surface area contributed by atoms with Crippen molar-refractivity contribution in [1.82, 2.24) is 9.13 Å². The lowest BCUT2D eigenvalue weighted by Gasteiger charge is -2.07. The van der Waals surface area contributed by atoms with Crippen molar-refractivity contribution >= 4 is 16.7 Å². The molecule has 118 valence electrons. The van der Waals surface area contributed by atoms with Gasteiger partial charge in [-0.2, -0.15) is 0 Å². The summed E-state index contributed by atoms with van der Waals surface area (Å²) in [6.45, 7) is 4.55. The van der Waals surface area contributed by atoms with E-state index in [9.17, 15) is 14.9 Å². The van der Waals surface area contributed by atoms with Gasteiger partial charge in [-0.05, 0) is 31.5 Å². The minimum absolute atomic E-state index is 0.0785. The second kappa shape index (κ2) is 5.72. The molecule has 2 aromatic carbocycles. The van der Waals surface area contributed by atoms with Crippen molar-refractivity contribution in [1.29, 1.82) is 0 Å². The molecule has 1 heterocycles. The average Bonchev–Trinajstić information content (AvgIpc) is 2.81. The highest BCUT2D eigenvalue weighted by atomic mass is 16.6. The van der Waals surface area contributed by atoms with Crippen LogP contribution in [0, 0.1) is 17.0 Å². The van der Waals surface area contributed by atoms with Crippen molar-refractivity contribution in [2.75, 3.05) is 0 Å². The number of fused-ring (bicyclic) bond motifs is 1. The zero-order valence-corrected chi connectivity index (χ0v) is 13.0. The van der Waals surface area contributed by atoms with Crippen molar-refractivity contribution in [3.8, 4) is 0 Å². The molecule has 6 heteroatoms. The van der Waals surface area contributed by atoms with E-state index in [1.165, 1.54) is 6.07 Å². The highest BCUT2D eigenvalue weighted by Crippen LogP contribution is 2.23. The Labute approximate surface area is 132 Å². The van der Waals surface area contributed by atoms with Gasteiger partial charge >= 0.3 is 5.69 Å². The van der Waals surface area contributed by atoms with Crippen LogP contribution >= 0.6 is 0 Å². The van der Waals surface area contributed by atoms with Gasteiger partial charge < -0.3 is 0 Å². The fourth-order valence-corrected chi connectivity index (χ4v) is 2.94. The smallest absolute Gasteiger partial charge is 0.292 e. The van der Waals surface area contributed by atoms with Crippen molar-refractivity contribution < 1.29 is 4.92 Å². The Morgan fingerprint density at radius 2 is 1.70 bits per heavy atom. The maximum absolute atomic E-state index is 12.6. The van der Waals surface area contributed by atoms with Gasteiger partial charge in [-0.25, -0.2) is 4.79 Å². The second-order valence-corrected chi connectivity index (χ2v) is 5.42. The molecule has 0 aliphatic heterocycles. The van der Waals surface area contributed by atoms with Crippen LogP contribution in [0.15, 0.2) is 47.3 Å². The number of hydrogen-bond donors (Lipinski definition) is 0. The van der Waals surface area contributed by atoms with E-state index in [0.717, 1.165) is 16.6 Å². The summed E-state index contributed by atoms with van der Waals surface area (Å²) >= 11 is 0. The molecular weight excluding hydrogens is 294 g/mol. The molecule has 0 saturated heterocycles. The number of benzene rings is 2. The molecule has 0 bridgehead atoms. The summed E-state index contributed by atoms with van der Waals surface area (Å²) in [6.07, 6.45) is 0. The molecule has 0 saturated carbocycles. The number of aryl methyl sites for hydroxylation is 1. The highest BCUT2D eigenvalue weighted by Gasteiger charge is 2.16. The van der Waals surface area contributed by atoms with Gasteiger partial charge in [-0.3, -0.25) is 19.2 Å². The number of rotatable bonds is 4. The van der Waals surface area contributed by atoms with Crippen LogP contribution in [-0.4, -0.2) is 14.1 Å². The van der Waals surface area contributed by atoms with E-state index in [4.69, 9.17) is 0 Å². The molecule has 0 N–H and O–H groups in total. The molecule has 0 amide bonds. The Balaban J connectivity index is 2.17. The van der Waals surface area contributed by atoms with Crippen LogP contribution in [0.5, 0.6) is 0 Å². The topological polar surface area (TPSA) is 70.1 Å². The number of imidazole rings is 1. The predicted octanol–water partition coefficient (Wildman–Crippen LogP) is 3.09. The SMILES string of the molecule is CCn1c(=O)n(Cc2cccc([N+](=O)[O-])c2C)c2ccccc21. The Morgan fingerprint density at radius 1 is 1.04 bits per heavy atom. The van der Waals surface area contributed by atoms with E-state index in [0.29, 0.717) is 18.7 Å². The van der Waals surface area contributed by atoms with Crippen LogP contribution in [0.25, 0.3) is 11.0 Å². The first-order chi connectivity index (χ1) is 11.0. The lowest BCUT2D eigenvalue weighted by Crippen LogP contribution is -2.24. The number of nitro benzene ring substituents is 1. The van der Waals surface area contributed by atoms with Gasteiger partial charge in [-0.1, -0.05) is 24.3 Å². The molecule has 0 radical (unpaired) electrons. The van der Waals surface area contributed by atoms with Gasteiger partial charge in [0.1, 0.15) is 0 Å². The minimum atomic E-state index is -0.392. The Kier molecular flexibility index (Phi) is 3.73. The van der Waals surface area contributed by atoms with Crippen LogP contribution in [0.1, 0.15) is 18.1 Å². The average molecular weight is 311 g/mol. The number of para-hydroxylation sites is 2. The number of nitro groups is 1. The summed E-state index contributed by atoms with van der Waals surface area (Å²) in [5.41, 5.74) is 3.07. The van der Waals surface area contributed by atoms with E-state index in [1.807, 2.05) is 37.3 Å². The lowest BCUT2D eigenvalue weighted by atomic mass is 10.1. The van der Waals surface area contributed by atoms with Crippen molar-refractivity contribution in [3.63, 3.8) is 0 Å². The van der Waals surface area contributed by atoms with Gasteiger partial charge in [0.05, 0.1) is 22.5 Å². The molecular formula is C17H17N3O3. The molecule has 23 heavy (non-hydrogen) atoms. The standard InChI is InChI=1S/C17H17N3O3/c1-3-18-15-8-4-5-9-16(15)19(17(18)21)11-13-7-6-10-14(12(13)2)20(22)23/h4-10H,3,11H2,1-2H3. The Bertz CT molecular complexity index is 953. The summed E-state index contributed by atoms with van der Waals surface area (Å²) in [6, 6.07) is 12.6. The number of nitrogens with zero attached hydrogens (tertiary/aromatic N) is 3. The predicted molar refractivity (Wildman–Crippen MR) is 88.8 cm³/mol. The van der Waals surface area contributed by atoms with Crippen LogP contribution in [0.2, 0.25) is 0 Å². The zero-order chi connectivity index (χ0) is 16.6. The molecule has 3 rings (SSSR count). The minimum Gasteiger partial charge on any atom is -0.292 e. The van der Waals surface area contributed by atoms with Crippen molar-refractivity contribution in [3.05, 3.63) is 74.2 Å². The summed E-state index contributed by atoms with van der Waals surface area (Å²) in [7, 11) is 0. The van der Waals surface area contributed by atoms with Gasteiger partial charge in [0, 0.05) is 18.2 Å². The summed E-state index contributed by atoms with van der Waals surface area (Å²) in [4.78, 5) is 23.3. The van der Waals surface area contributed by atoms with Crippen LogP contribution < -0.4 is 5.69 Å². The van der Waals surface area contributed by atoms with E-state index in [2.05, 4.69) is 0 Å². The first kappa shape index (κ1) is 15.0. The number of aromatic nitrogens is 2. The molecule has 3 aromatic rings. The largest absolute Gasteiger partial charge is 0.329 e. The first-order valence-corrected chi connectivity index (χ1v) is 7.45. The third-order valence-electron chi connectivity index (χ3n) is 4.18. The third kappa shape index (κ3) is 2.42. The molecule has 0 aliphatic rings. The highest BCUT2D eigenvalue weighted by molar-refractivity contribution is 5.76. The van der Waals surface area contributed by atoms with E-state index in [-0.39, 0.29) is 11.4 Å². The van der Waals surface area contributed by atoms with Gasteiger partial charge in [0.2, 0.25) is 0 Å². The first-order valence-electron chi connectivity index (χ1n) is 7.45. The fraction of sp³-hybridized carbons (Fsp3) is 0.235. The normalized spacial score (nSPS) is 11.0. The Hall–Kier alpha value is -2.89. The zero-order valence-electron chi connectivity index (χ0n) is 13.0. The summed E-state index contributed by atoms with van der Waals surface area (Å²) < 4.78 is 3.38. The monoisotopic (exact) mass is 311 g/mol. The molecule has 0 unspecified atom stereocenters. The van der Waals surface area contributed by atoms with Crippen molar-refractivity contribution in [2.24, 2.45) is 0 Å². The van der Waals surface area contributed by atoms with Crippen LogP contribution in [0.4, 0.5) is 5.69 Å². The van der Waals surface area contributed by atoms with Crippen LogP contribution in [-0.2, 0) is 13.1 Å². The van der Waals surface area contributed by atoms with E-state index < -0.39 is 4.92 Å². The molecule has 0 spiro atoms. The maximum atomic E-state index is 12.6. The molecule has 1 aromatic heterocycles. The Morgan fingerprint density at radius 3 is 2.30 bits per heavy atom. The number of hydrogen-bond acceptors (Lipinski definition) is 3. The molecule has 6 nitrogen and oxygen atoms in total. The quantitative estimate of drug-likeness (QED) is 0.549.